The van der Waals surface area contributed by atoms with Crippen LogP contribution in [0, 0.1) is 0 Å². The summed E-state index contributed by atoms with van der Waals surface area (Å²) in [5.41, 5.74) is 5.31. The molecule has 3 rings (SSSR count). The van der Waals surface area contributed by atoms with Crippen molar-refractivity contribution in [1.29, 1.82) is 0 Å². The molecule has 0 heterocycles. The quantitative estimate of drug-likeness (QED) is 0.755. The highest BCUT2D eigenvalue weighted by Gasteiger charge is 2.10. The number of ether oxygens (including phenoxy) is 2. The molecule has 2 aromatic rings. The molecule has 0 radical (unpaired) electrons. The zero-order valence-corrected chi connectivity index (χ0v) is 15.0. The Morgan fingerprint density at radius 3 is 2.19 bits per heavy atom. The Morgan fingerprint density at radius 1 is 0.962 bits per heavy atom. The van der Waals surface area contributed by atoms with Crippen molar-refractivity contribution >= 4 is 11.6 Å². The summed E-state index contributed by atoms with van der Waals surface area (Å²) in [5.74, 6) is 1.43. The summed E-state index contributed by atoms with van der Waals surface area (Å²) in [6, 6.07) is 14.9. The molecule has 1 aliphatic rings. The first kappa shape index (κ1) is 18.0. The lowest BCUT2D eigenvalue weighted by molar-refractivity contribution is 0.0954. The number of carbonyl (C=O) groups is 1. The minimum Gasteiger partial charge on any atom is -0.494 e. The topological polar surface area (TPSA) is 59.9 Å². The molecule has 136 valence electrons. The highest BCUT2D eigenvalue weighted by Crippen LogP contribution is 2.19. The molecule has 0 spiro atoms. The van der Waals surface area contributed by atoms with Crippen LogP contribution in [0.2, 0.25) is 0 Å². The Kier molecular flexibility index (Phi) is 6.25. The third-order valence-electron chi connectivity index (χ3n) is 4.25. The molecule has 1 amide bonds. The van der Waals surface area contributed by atoms with E-state index in [9.17, 15) is 4.79 Å². The Morgan fingerprint density at radius 2 is 1.58 bits per heavy atom. The molecule has 0 aliphatic heterocycles. The number of hydrogen-bond acceptors (Lipinski definition) is 4. The van der Waals surface area contributed by atoms with Gasteiger partial charge in [-0.2, -0.15) is 5.10 Å². The normalized spacial score (nSPS) is 13.3. The van der Waals surface area contributed by atoms with Crippen LogP contribution >= 0.6 is 0 Å². The first-order valence-electron chi connectivity index (χ1n) is 9.05. The van der Waals surface area contributed by atoms with E-state index in [1.54, 1.807) is 12.1 Å². The molecule has 0 saturated heterocycles. The van der Waals surface area contributed by atoms with E-state index in [2.05, 4.69) is 10.5 Å². The molecule has 0 atom stereocenters. The highest BCUT2D eigenvalue weighted by molar-refractivity contribution is 5.95. The minimum absolute atomic E-state index is 0.177. The van der Waals surface area contributed by atoms with E-state index in [0.29, 0.717) is 18.8 Å². The largest absolute Gasteiger partial charge is 0.494 e. The van der Waals surface area contributed by atoms with Crippen LogP contribution in [0.15, 0.2) is 53.6 Å². The molecule has 0 aromatic heterocycles. The predicted molar refractivity (Wildman–Crippen MR) is 102 cm³/mol. The zero-order chi connectivity index (χ0) is 18.2. The third kappa shape index (κ3) is 5.09. The van der Waals surface area contributed by atoms with Crippen molar-refractivity contribution in [1.82, 2.24) is 5.43 Å². The van der Waals surface area contributed by atoms with Gasteiger partial charge in [-0.3, -0.25) is 4.79 Å². The van der Waals surface area contributed by atoms with Gasteiger partial charge in [-0.1, -0.05) is 12.1 Å². The molecule has 1 aliphatic carbocycles. The van der Waals surface area contributed by atoms with E-state index in [0.717, 1.165) is 48.5 Å². The number of benzene rings is 2. The second-order valence-corrected chi connectivity index (χ2v) is 6.22. The molecular weight excluding hydrogens is 328 g/mol. The van der Waals surface area contributed by atoms with Crippen molar-refractivity contribution in [3.8, 4) is 11.5 Å². The first-order chi connectivity index (χ1) is 12.7. The lowest BCUT2D eigenvalue weighted by atomic mass is 10.1. The Bertz CT molecular complexity index is 744. The summed E-state index contributed by atoms with van der Waals surface area (Å²) < 4.78 is 11.2. The molecular formula is C21H24N2O3. The number of hydrazone groups is 1. The van der Waals surface area contributed by atoms with Crippen molar-refractivity contribution in [2.45, 2.75) is 39.2 Å². The predicted octanol–water partition coefficient (Wildman–Crippen LogP) is 4.32. The van der Waals surface area contributed by atoms with Crippen LogP contribution in [0.1, 0.15) is 48.5 Å². The van der Waals surface area contributed by atoms with Gasteiger partial charge < -0.3 is 9.47 Å². The summed E-state index contributed by atoms with van der Waals surface area (Å²) in [4.78, 5) is 12.1. The fraction of sp³-hybridized carbons (Fsp3) is 0.333. The van der Waals surface area contributed by atoms with Gasteiger partial charge in [0.2, 0.25) is 0 Å². The van der Waals surface area contributed by atoms with E-state index >= 15 is 0 Å². The minimum atomic E-state index is -0.177. The number of hydrogen-bond donors (Lipinski definition) is 1. The molecule has 1 fully saturated rings. The lowest BCUT2D eigenvalue weighted by Crippen LogP contribution is -2.19. The first-order valence-corrected chi connectivity index (χ1v) is 9.05. The molecule has 1 N–H and O–H groups in total. The Hall–Kier alpha value is -2.82. The van der Waals surface area contributed by atoms with E-state index in [4.69, 9.17) is 9.47 Å². The molecule has 0 bridgehead atoms. The second-order valence-electron chi connectivity index (χ2n) is 6.22. The third-order valence-corrected chi connectivity index (χ3v) is 4.25. The molecule has 0 unspecified atom stereocenters. The van der Waals surface area contributed by atoms with Gasteiger partial charge in [-0.25, -0.2) is 5.43 Å². The van der Waals surface area contributed by atoms with Gasteiger partial charge in [0.25, 0.3) is 5.91 Å². The molecule has 2 aromatic carbocycles. The van der Waals surface area contributed by atoms with Crippen molar-refractivity contribution in [2.75, 3.05) is 6.61 Å². The summed E-state index contributed by atoms with van der Waals surface area (Å²) in [5, 5.41) is 4.20. The summed E-state index contributed by atoms with van der Waals surface area (Å²) in [6.45, 7) is 3.04. The fourth-order valence-electron chi connectivity index (χ4n) is 2.81. The molecule has 1 saturated carbocycles. The van der Waals surface area contributed by atoms with E-state index in [-0.39, 0.29) is 5.91 Å². The zero-order valence-electron chi connectivity index (χ0n) is 15.0. The van der Waals surface area contributed by atoms with Crippen LogP contribution < -0.4 is 14.9 Å². The SMILES string of the molecule is CCOc1ccc(OCc2ccc(C(=O)NN=C3CCCC3)cc2)cc1. The van der Waals surface area contributed by atoms with Gasteiger partial charge in [-0.05, 0) is 74.6 Å². The van der Waals surface area contributed by atoms with Gasteiger partial charge in [-0.15, -0.1) is 0 Å². The van der Waals surface area contributed by atoms with Crippen LogP contribution in [-0.2, 0) is 6.61 Å². The van der Waals surface area contributed by atoms with Crippen LogP contribution in [-0.4, -0.2) is 18.2 Å². The highest BCUT2D eigenvalue weighted by atomic mass is 16.5. The number of nitrogens with zero attached hydrogens (tertiary/aromatic N) is 1. The smallest absolute Gasteiger partial charge is 0.271 e. The maximum atomic E-state index is 12.1. The van der Waals surface area contributed by atoms with Gasteiger partial charge in [0.1, 0.15) is 18.1 Å². The molecule has 5 nitrogen and oxygen atoms in total. The van der Waals surface area contributed by atoms with Crippen molar-refractivity contribution in [2.24, 2.45) is 5.10 Å². The number of nitrogens with one attached hydrogen (secondary N) is 1. The maximum absolute atomic E-state index is 12.1. The van der Waals surface area contributed by atoms with Crippen LogP contribution in [0.25, 0.3) is 0 Å². The van der Waals surface area contributed by atoms with Gasteiger partial charge in [0, 0.05) is 11.3 Å². The Labute approximate surface area is 154 Å². The summed E-state index contributed by atoms with van der Waals surface area (Å²) in [6.07, 6.45) is 4.31. The van der Waals surface area contributed by atoms with Gasteiger partial charge >= 0.3 is 0 Å². The van der Waals surface area contributed by atoms with Gasteiger partial charge in [0.05, 0.1) is 6.61 Å². The van der Waals surface area contributed by atoms with E-state index in [1.165, 1.54) is 0 Å². The average Bonchev–Trinajstić information content (AvgIpc) is 3.20. The van der Waals surface area contributed by atoms with Crippen LogP contribution in [0.5, 0.6) is 11.5 Å². The molecule has 26 heavy (non-hydrogen) atoms. The number of amides is 1. The fourth-order valence-corrected chi connectivity index (χ4v) is 2.81. The summed E-state index contributed by atoms with van der Waals surface area (Å²) in [7, 11) is 0. The van der Waals surface area contributed by atoms with Gasteiger partial charge in [0.15, 0.2) is 0 Å². The second kappa shape index (κ2) is 9.04. The van der Waals surface area contributed by atoms with Crippen molar-refractivity contribution < 1.29 is 14.3 Å². The average molecular weight is 352 g/mol. The lowest BCUT2D eigenvalue weighted by Gasteiger charge is -2.08. The Balaban J connectivity index is 1.50. The number of rotatable bonds is 7. The summed E-state index contributed by atoms with van der Waals surface area (Å²) >= 11 is 0. The van der Waals surface area contributed by atoms with E-state index < -0.39 is 0 Å². The monoisotopic (exact) mass is 352 g/mol. The van der Waals surface area contributed by atoms with Crippen molar-refractivity contribution in [3.63, 3.8) is 0 Å². The van der Waals surface area contributed by atoms with Crippen LogP contribution in [0.3, 0.4) is 0 Å². The van der Waals surface area contributed by atoms with E-state index in [1.807, 2.05) is 43.3 Å². The standard InChI is InChI=1S/C21H24N2O3/c1-2-25-19-11-13-20(14-12-19)26-15-16-7-9-17(10-8-16)21(24)23-22-18-5-3-4-6-18/h7-14H,2-6,15H2,1H3,(H,23,24). The number of carbonyl (C=O) groups excluding carboxylic acids is 1. The maximum Gasteiger partial charge on any atom is 0.271 e. The van der Waals surface area contributed by atoms with Crippen LogP contribution in [0.4, 0.5) is 0 Å². The molecule has 5 heteroatoms. The van der Waals surface area contributed by atoms with Crippen molar-refractivity contribution in [3.05, 3.63) is 59.7 Å².